The Hall–Kier alpha value is -1.51. The number of hydrogen-bond donors (Lipinski definition) is 0. The molecule has 0 unspecified atom stereocenters. The highest BCUT2D eigenvalue weighted by molar-refractivity contribution is 5.85. The van der Waals surface area contributed by atoms with Gasteiger partial charge in [-0.1, -0.05) is 27.7 Å². The zero-order valence-corrected chi connectivity index (χ0v) is 17.5. The Bertz CT molecular complexity index is 720. The van der Waals surface area contributed by atoms with Gasteiger partial charge in [0, 0.05) is 23.5 Å². The van der Waals surface area contributed by atoms with Crippen molar-refractivity contribution in [3.63, 3.8) is 0 Å². The largest absolute Gasteiger partial charge is 0.497 e. The number of ether oxygens (including phenoxy) is 2. The molecule has 0 N–H and O–H groups in total. The molecule has 2 fully saturated rings. The lowest BCUT2D eigenvalue weighted by atomic mass is 9.46. The van der Waals surface area contributed by atoms with Crippen LogP contribution in [-0.4, -0.2) is 20.0 Å². The molecule has 0 bridgehead atoms. The molecule has 0 aliphatic heterocycles. The van der Waals surface area contributed by atoms with Crippen LogP contribution in [0.4, 0.5) is 0 Å². The van der Waals surface area contributed by atoms with Crippen molar-refractivity contribution < 1.29 is 14.3 Å². The normalized spacial score (nSPS) is 33.5. The second-order valence-corrected chi connectivity index (χ2v) is 9.65. The molecule has 2 aliphatic rings. The number of carbonyl (C=O) groups is 1. The van der Waals surface area contributed by atoms with Gasteiger partial charge in [-0.15, -0.1) is 0 Å². The zero-order valence-electron chi connectivity index (χ0n) is 17.5. The average molecular weight is 359 g/mol. The Morgan fingerprint density at radius 1 is 1.04 bits per heavy atom. The Balaban J connectivity index is 2.03. The fraction of sp³-hybridized carbons (Fsp3) is 0.696. The number of ketones is 1. The summed E-state index contributed by atoms with van der Waals surface area (Å²) in [5.41, 5.74) is 2.60. The summed E-state index contributed by atoms with van der Waals surface area (Å²) in [7, 11) is 3.44. The van der Waals surface area contributed by atoms with E-state index in [9.17, 15) is 4.79 Å². The summed E-state index contributed by atoms with van der Waals surface area (Å²) in [5, 5.41) is 0. The molecule has 3 nitrogen and oxygen atoms in total. The van der Waals surface area contributed by atoms with Crippen LogP contribution in [0.3, 0.4) is 0 Å². The van der Waals surface area contributed by atoms with E-state index in [1.54, 1.807) is 14.2 Å². The minimum Gasteiger partial charge on any atom is -0.497 e. The third-order valence-corrected chi connectivity index (χ3v) is 7.47. The van der Waals surface area contributed by atoms with Crippen LogP contribution in [0, 0.1) is 23.7 Å². The first kappa shape index (κ1) is 19.3. The number of rotatable bonds is 3. The van der Waals surface area contributed by atoms with Crippen LogP contribution in [0.2, 0.25) is 0 Å². The molecular weight excluding hydrogens is 324 g/mol. The van der Waals surface area contributed by atoms with Crippen LogP contribution in [0.5, 0.6) is 11.5 Å². The minimum atomic E-state index is -0.201. The molecule has 1 aromatic rings. The Labute approximate surface area is 158 Å². The summed E-state index contributed by atoms with van der Waals surface area (Å²) >= 11 is 0. The van der Waals surface area contributed by atoms with E-state index >= 15 is 0 Å². The van der Waals surface area contributed by atoms with Crippen LogP contribution in [-0.2, 0) is 10.2 Å². The van der Waals surface area contributed by atoms with Crippen molar-refractivity contribution in [2.24, 2.45) is 16.7 Å². The number of hydrogen-bond acceptors (Lipinski definition) is 3. The van der Waals surface area contributed by atoms with Gasteiger partial charge in [-0.2, -0.15) is 0 Å². The summed E-state index contributed by atoms with van der Waals surface area (Å²) in [6.07, 6.45) is 5.01. The second-order valence-electron chi connectivity index (χ2n) is 9.65. The van der Waals surface area contributed by atoms with E-state index in [0.29, 0.717) is 11.7 Å². The Morgan fingerprint density at radius 2 is 1.73 bits per heavy atom. The van der Waals surface area contributed by atoms with Gasteiger partial charge in [-0.05, 0) is 61.0 Å². The van der Waals surface area contributed by atoms with Crippen molar-refractivity contribution in [3.8, 4) is 11.5 Å². The fourth-order valence-electron chi connectivity index (χ4n) is 6.31. The molecule has 0 aromatic heterocycles. The molecule has 26 heavy (non-hydrogen) atoms. The topological polar surface area (TPSA) is 35.5 Å². The first-order valence-corrected chi connectivity index (χ1v) is 9.84. The lowest BCUT2D eigenvalue weighted by Gasteiger charge is -2.57. The SMILES string of the molecule is COc1cc(C)c([C@@]2(C)CC[C@@H]3C(C)(C)C(=O)CC[C@@]3(C)C2)c(OC)c1. The summed E-state index contributed by atoms with van der Waals surface area (Å²) in [4.78, 5) is 12.5. The molecule has 144 valence electrons. The lowest BCUT2D eigenvalue weighted by Crippen LogP contribution is -2.53. The van der Waals surface area contributed by atoms with Crippen molar-refractivity contribution in [3.05, 3.63) is 23.3 Å². The number of fused-ring (bicyclic) bond motifs is 1. The van der Waals surface area contributed by atoms with E-state index < -0.39 is 0 Å². The van der Waals surface area contributed by atoms with Gasteiger partial charge in [0.1, 0.15) is 17.3 Å². The van der Waals surface area contributed by atoms with Crippen LogP contribution < -0.4 is 9.47 Å². The molecular formula is C23H34O3. The highest BCUT2D eigenvalue weighted by Gasteiger charge is 2.56. The van der Waals surface area contributed by atoms with E-state index in [1.165, 1.54) is 11.1 Å². The average Bonchev–Trinajstić information content (AvgIpc) is 2.57. The highest BCUT2D eigenvalue weighted by atomic mass is 16.5. The maximum Gasteiger partial charge on any atom is 0.138 e. The van der Waals surface area contributed by atoms with Crippen LogP contribution in [0.15, 0.2) is 12.1 Å². The molecule has 1 aromatic carbocycles. The smallest absolute Gasteiger partial charge is 0.138 e. The first-order valence-electron chi connectivity index (χ1n) is 9.84. The van der Waals surface area contributed by atoms with Crippen molar-refractivity contribution in [1.82, 2.24) is 0 Å². The van der Waals surface area contributed by atoms with Gasteiger partial charge in [-0.3, -0.25) is 4.79 Å². The molecule has 0 radical (unpaired) electrons. The fourth-order valence-corrected chi connectivity index (χ4v) is 6.31. The van der Waals surface area contributed by atoms with Crippen molar-refractivity contribution in [1.29, 1.82) is 0 Å². The predicted molar refractivity (Wildman–Crippen MR) is 105 cm³/mol. The first-order chi connectivity index (χ1) is 12.1. The molecule has 3 atom stereocenters. The molecule has 3 heteroatoms. The Morgan fingerprint density at radius 3 is 2.35 bits per heavy atom. The van der Waals surface area contributed by atoms with Crippen molar-refractivity contribution in [2.75, 3.05) is 14.2 Å². The van der Waals surface area contributed by atoms with E-state index in [2.05, 4.69) is 40.7 Å². The van der Waals surface area contributed by atoms with E-state index in [1.807, 2.05) is 6.07 Å². The molecule has 0 heterocycles. The standard InChI is InChI=1S/C23H34O3/c1-15-12-16(25-6)13-17(26-7)20(15)23(5)10-8-18-21(2,3)19(24)9-11-22(18,4)14-23/h12-13,18H,8-11,14H2,1-7H3/t18-,22+,23+/m1/s1. The molecule has 0 amide bonds. The number of Topliss-reactive ketones (excluding diaryl/α,β-unsaturated/α-hetero) is 1. The van der Waals surface area contributed by atoms with Gasteiger partial charge in [0.05, 0.1) is 14.2 Å². The quantitative estimate of drug-likeness (QED) is 0.719. The van der Waals surface area contributed by atoms with Gasteiger partial charge in [0.25, 0.3) is 0 Å². The van der Waals surface area contributed by atoms with Crippen LogP contribution in [0.25, 0.3) is 0 Å². The van der Waals surface area contributed by atoms with E-state index in [4.69, 9.17) is 9.47 Å². The third-order valence-electron chi connectivity index (χ3n) is 7.47. The maximum absolute atomic E-state index is 12.5. The van der Waals surface area contributed by atoms with E-state index in [-0.39, 0.29) is 16.2 Å². The van der Waals surface area contributed by atoms with Gasteiger partial charge in [0.2, 0.25) is 0 Å². The summed E-state index contributed by atoms with van der Waals surface area (Å²) in [5.74, 6) is 2.68. The predicted octanol–water partition coefficient (Wildman–Crippen LogP) is 5.47. The molecule has 0 saturated heterocycles. The molecule has 2 saturated carbocycles. The third kappa shape index (κ3) is 2.84. The summed E-state index contributed by atoms with van der Waals surface area (Å²) in [6, 6.07) is 4.13. The monoisotopic (exact) mass is 358 g/mol. The molecule has 3 rings (SSSR count). The zero-order chi connectivity index (χ0) is 19.3. The Kier molecular flexibility index (Phi) is 4.65. The lowest BCUT2D eigenvalue weighted by molar-refractivity contribution is -0.144. The second kappa shape index (κ2) is 6.28. The van der Waals surface area contributed by atoms with Gasteiger partial charge >= 0.3 is 0 Å². The van der Waals surface area contributed by atoms with Gasteiger partial charge in [0.15, 0.2) is 0 Å². The maximum atomic E-state index is 12.5. The number of aryl methyl sites for hydroxylation is 1. The van der Waals surface area contributed by atoms with E-state index in [0.717, 1.165) is 43.6 Å². The minimum absolute atomic E-state index is 0.0589. The van der Waals surface area contributed by atoms with Crippen molar-refractivity contribution >= 4 is 5.78 Å². The van der Waals surface area contributed by atoms with Gasteiger partial charge in [-0.25, -0.2) is 0 Å². The highest BCUT2D eigenvalue weighted by Crippen LogP contribution is 2.61. The molecule has 2 aliphatic carbocycles. The van der Waals surface area contributed by atoms with Gasteiger partial charge < -0.3 is 9.47 Å². The number of benzene rings is 1. The summed E-state index contributed by atoms with van der Waals surface area (Å²) < 4.78 is 11.2. The number of methoxy groups -OCH3 is 2. The number of carbonyl (C=O) groups excluding carboxylic acids is 1. The van der Waals surface area contributed by atoms with Crippen LogP contribution in [0.1, 0.15) is 70.9 Å². The van der Waals surface area contributed by atoms with Crippen molar-refractivity contribution in [2.45, 2.75) is 72.1 Å². The summed E-state index contributed by atoms with van der Waals surface area (Å²) in [6.45, 7) is 11.3. The molecule has 0 spiro atoms. The van der Waals surface area contributed by atoms with Crippen LogP contribution >= 0.6 is 0 Å².